The third kappa shape index (κ3) is 2.03. The molecule has 0 aliphatic carbocycles. The highest BCUT2D eigenvalue weighted by atomic mass is 32.1. The fourth-order valence-electron chi connectivity index (χ4n) is 2.03. The van der Waals surface area contributed by atoms with Crippen LogP contribution < -0.4 is 4.74 Å². The van der Waals surface area contributed by atoms with E-state index in [1.54, 1.807) is 28.4 Å². The van der Waals surface area contributed by atoms with Gasteiger partial charge >= 0.3 is 0 Å². The van der Waals surface area contributed by atoms with Gasteiger partial charge in [0.2, 0.25) is 4.96 Å². The molecule has 3 rings (SSSR count). The second-order valence-corrected chi connectivity index (χ2v) is 4.97. The smallest absolute Gasteiger partial charge is 0.212 e. The van der Waals surface area contributed by atoms with Crippen molar-refractivity contribution in [1.29, 1.82) is 0 Å². The summed E-state index contributed by atoms with van der Waals surface area (Å²) in [5.74, 6) is 0.466. The first-order valence-electron chi connectivity index (χ1n) is 5.90. The van der Waals surface area contributed by atoms with Crippen LogP contribution in [0.5, 0.6) is 5.75 Å². The lowest BCUT2D eigenvalue weighted by Crippen LogP contribution is -1.97. The Morgan fingerprint density at radius 2 is 2.30 bits per heavy atom. The molecule has 0 saturated carbocycles. The molecule has 2 aromatic heterocycles. The van der Waals surface area contributed by atoms with Crippen molar-refractivity contribution < 1.29 is 13.5 Å². The molecule has 104 valence electrons. The van der Waals surface area contributed by atoms with Gasteiger partial charge in [0, 0.05) is 5.56 Å². The molecule has 0 bridgehead atoms. The highest BCUT2D eigenvalue weighted by Gasteiger charge is 2.16. The molecule has 1 unspecified atom stereocenters. The van der Waals surface area contributed by atoms with Crippen LogP contribution in [0.15, 0.2) is 29.9 Å². The van der Waals surface area contributed by atoms with E-state index in [0.717, 1.165) is 16.2 Å². The summed E-state index contributed by atoms with van der Waals surface area (Å²) in [6.45, 7) is -1.05. The number of benzene rings is 1. The molecule has 3 aromatic rings. The van der Waals surface area contributed by atoms with E-state index in [4.69, 9.17) is 4.74 Å². The fourth-order valence-corrected chi connectivity index (χ4v) is 2.62. The minimum Gasteiger partial charge on any atom is -0.496 e. The van der Waals surface area contributed by atoms with Crippen molar-refractivity contribution in [3.05, 3.63) is 35.5 Å². The van der Waals surface area contributed by atoms with E-state index >= 15 is 0 Å². The number of methoxy groups -OCH3 is 1. The molecular weight excluding hydrogens is 284 g/mol. The number of ether oxygens (including phenoxy) is 1. The van der Waals surface area contributed by atoms with E-state index in [2.05, 4.69) is 10.1 Å². The summed E-state index contributed by atoms with van der Waals surface area (Å²) in [5.41, 5.74) is 3.43. The third-order valence-electron chi connectivity index (χ3n) is 3.03. The Bertz CT molecular complexity index is 740. The first-order chi connectivity index (χ1) is 9.74. The zero-order valence-corrected chi connectivity index (χ0v) is 11.4. The number of hydrogen-bond acceptors (Lipinski definition) is 4. The molecule has 1 atom stereocenters. The summed E-state index contributed by atoms with van der Waals surface area (Å²) in [7, 11) is 1.49. The average Bonchev–Trinajstić information content (AvgIpc) is 3.08. The van der Waals surface area contributed by atoms with Crippen molar-refractivity contribution in [2.24, 2.45) is 0 Å². The molecule has 7 heteroatoms. The first kappa shape index (κ1) is 13.0. The zero-order chi connectivity index (χ0) is 14.1. The topological polar surface area (TPSA) is 39.4 Å². The number of alkyl halides is 2. The van der Waals surface area contributed by atoms with Gasteiger partial charge in [0.1, 0.15) is 17.9 Å². The van der Waals surface area contributed by atoms with Gasteiger partial charge in [-0.2, -0.15) is 5.10 Å². The largest absolute Gasteiger partial charge is 0.496 e. The third-order valence-corrected chi connectivity index (χ3v) is 3.71. The SMILES string of the molecule is COc1cc(C(F)CF)ccc1-c1cnc2scnn12. The Balaban J connectivity index is 2.12. The Kier molecular flexibility index (Phi) is 3.35. The van der Waals surface area contributed by atoms with Crippen molar-refractivity contribution in [2.75, 3.05) is 13.8 Å². The van der Waals surface area contributed by atoms with Crippen LogP contribution in [-0.4, -0.2) is 28.4 Å². The monoisotopic (exact) mass is 295 g/mol. The van der Waals surface area contributed by atoms with Gasteiger partial charge in [-0.15, -0.1) is 0 Å². The lowest BCUT2D eigenvalue weighted by atomic mass is 10.1. The molecule has 0 saturated heterocycles. The number of aromatic nitrogens is 3. The van der Waals surface area contributed by atoms with Gasteiger partial charge in [-0.3, -0.25) is 0 Å². The molecular formula is C13H11F2N3OS. The number of fused-ring (bicyclic) bond motifs is 1. The van der Waals surface area contributed by atoms with Crippen molar-refractivity contribution in [3.63, 3.8) is 0 Å². The Labute approximate surface area is 117 Å². The van der Waals surface area contributed by atoms with Gasteiger partial charge in [0.25, 0.3) is 0 Å². The number of hydrogen-bond donors (Lipinski definition) is 0. The average molecular weight is 295 g/mol. The van der Waals surface area contributed by atoms with E-state index in [-0.39, 0.29) is 5.56 Å². The van der Waals surface area contributed by atoms with Crippen molar-refractivity contribution in [1.82, 2.24) is 14.6 Å². The number of halogens is 2. The van der Waals surface area contributed by atoms with Gasteiger partial charge < -0.3 is 4.74 Å². The van der Waals surface area contributed by atoms with Crippen molar-refractivity contribution >= 4 is 16.3 Å². The predicted octanol–water partition coefficient (Wildman–Crippen LogP) is 3.45. The maximum atomic E-state index is 13.4. The molecule has 0 spiro atoms. The summed E-state index contributed by atoms with van der Waals surface area (Å²) in [6, 6.07) is 4.75. The van der Waals surface area contributed by atoms with Gasteiger partial charge in [0.15, 0.2) is 6.17 Å². The second kappa shape index (κ2) is 5.16. The minimum absolute atomic E-state index is 0.257. The molecule has 0 radical (unpaired) electrons. The molecule has 0 aliphatic heterocycles. The van der Waals surface area contributed by atoms with Gasteiger partial charge in [-0.05, 0) is 17.7 Å². The quantitative estimate of drug-likeness (QED) is 0.740. The Hall–Kier alpha value is -2.02. The van der Waals surface area contributed by atoms with E-state index < -0.39 is 12.8 Å². The standard InChI is InChI=1S/C13H11F2N3OS/c1-19-12-4-8(10(15)5-14)2-3-9(12)11-6-16-13-18(11)17-7-20-13/h2-4,6-7,10H,5H2,1H3. The van der Waals surface area contributed by atoms with Crippen LogP contribution >= 0.6 is 11.3 Å². The number of nitrogens with zero attached hydrogens (tertiary/aromatic N) is 3. The number of rotatable bonds is 4. The highest BCUT2D eigenvalue weighted by molar-refractivity contribution is 7.14. The first-order valence-corrected chi connectivity index (χ1v) is 6.78. The fraction of sp³-hybridized carbons (Fsp3) is 0.231. The summed E-state index contributed by atoms with van der Waals surface area (Å²) in [6.07, 6.45) is 0.0426. The van der Waals surface area contributed by atoms with Crippen LogP contribution in [0.2, 0.25) is 0 Å². The molecule has 0 amide bonds. The summed E-state index contributed by atoms with van der Waals surface area (Å²) in [4.78, 5) is 5.00. The van der Waals surface area contributed by atoms with Crippen LogP contribution in [-0.2, 0) is 0 Å². The molecule has 0 N–H and O–H groups in total. The zero-order valence-electron chi connectivity index (χ0n) is 10.6. The van der Waals surface area contributed by atoms with Crippen LogP contribution in [0.3, 0.4) is 0 Å². The summed E-state index contributed by atoms with van der Waals surface area (Å²) >= 11 is 1.42. The van der Waals surface area contributed by atoms with E-state index in [9.17, 15) is 8.78 Å². The van der Waals surface area contributed by atoms with Crippen LogP contribution in [0.1, 0.15) is 11.7 Å². The summed E-state index contributed by atoms with van der Waals surface area (Å²) < 4.78 is 32.8. The van der Waals surface area contributed by atoms with E-state index in [1.165, 1.54) is 24.5 Å². The molecule has 1 aromatic carbocycles. The molecule has 2 heterocycles. The van der Waals surface area contributed by atoms with Gasteiger partial charge in [-0.25, -0.2) is 18.3 Å². The molecule has 0 aliphatic rings. The van der Waals surface area contributed by atoms with Crippen molar-refractivity contribution in [3.8, 4) is 17.0 Å². The summed E-state index contributed by atoms with van der Waals surface area (Å²) in [5, 5.41) is 4.19. The van der Waals surface area contributed by atoms with Gasteiger partial charge in [-0.1, -0.05) is 17.4 Å². The Morgan fingerprint density at radius 1 is 1.45 bits per heavy atom. The Morgan fingerprint density at radius 3 is 3.05 bits per heavy atom. The normalized spacial score (nSPS) is 12.8. The minimum atomic E-state index is -1.64. The van der Waals surface area contributed by atoms with Crippen molar-refractivity contribution in [2.45, 2.75) is 6.17 Å². The highest BCUT2D eigenvalue weighted by Crippen LogP contribution is 2.33. The molecule has 4 nitrogen and oxygen atoms in total. The van der Waals surface area contributed by atoms with E-state index in [0.29, 0.717) is 5.75 Å². The van der Waals surface area contributed by atoms with Crippen LogP contribution in [0.4, 0.5) is 8.78 Å². The maximum Gasteiger partial charge on any atom is 0.212 e. The lowest BCUT2D eigenvalue weighted by molar-refractivity contribution is 0.265. The van der Waals surface area contributed by atoms with E-state index in [1.807, 2.05) is 0 Å². The second-order valence-electron chi connectivity index (χ2n) is 4.16. The number of imidazole rings is 1. The molecule has 20 heavy (non-hydrogen) atoms. The van der Waals surface area contributed by atoms with Crippen LogP contribution in [0, 0.1) is 0 Å². The maximum absolute atomic E-state index is 13.4. The van der Waals surface area contributed by atoms with Crippen LogP contribution in [0.25, 0.3) is 16.2 Å². The predicted molar refractivity (Wildman–Crippen MR) is 72.7 cm³/mol. The molecule has 0 fully saturated rings. The van der Waals surface area contributed by atoms with Gasteiger partial charge in [0.05, 0.1) is 19.0 Å². The lowest BCUT2D eigenvalue weighted by Gasteiger charge is -2.11.